The molecule has 2 fully saturated rings. The second-order valence-electron chi connectivity index (χ2n) is 8.93. The first-order chi connectivity index (χ1) is 9.88. The number of piperazine rings is 1. The molecule has 1 aliphatic carbocycles. The molecule has 0 aromatic rings. The van der Waals surface area contributed by atoms with Crippen molar-refractivity contribution in [3.63, 3.8) is 0 Å². The van der Waals surface area contributed by atoms with Gasteiger partial charge in [-0.25, -0.2) is 0 Å². The smallest absolute Gasteiger partial charge is 0.0244 e. The number of nitrogens with one attached hydrogen (secondary N) is 1. The van der Waals surface area contributed by atoms with Gasteiger partial charge in [0.25, 0.3) is 0 Å². The Bertz CT molecular complexity index is 299. The molecule has 0 radical (unpaired) electrons. The molecular formula is C19H38N2. The van der Waals surface area contributed by atoms with Gasteiger partial charge in [-0.1, -0.05) is 60.3 Å². The maximum absolute atomic E-state index is 3.81. The number of rotatable bonds is 5. The van der Waals surface area contributed by atoms with E-state index in [9.17, 15) is 0 Å². The van der Waals surface area contributed by atoms with Crippen LogP contribution in [0.5, 0.6) is 0 Å². The number of hydrogen-bond acceptors (Lipinski definition) is 2. The maximum atomic E-state index is 3.81. The average molecular weight is 295 g/mol. The van der Waals surface area contributed by atoms with Crippen LogP contribution in [0, 0.1) is 17.3 Å². The SMILES string of the molecule is CC(C)C1CNC(C(C)(C)C)CN1CCCC1CCCC1. The molecule has 2 rings (SSSR count). The molecule has 1 heterocycles. The van der Waals surface area contributed by atoms with Crippen LogP contribution in [0.4, 0.5) is 0 Å². The zero-order valence-corrected chi connectivity index (χ0v) is 15.1. The Morgan fingerprint density at radius 2 is 1.81 bits per heavy atom. The van der Waals surface area contributed by atoms with Gasteiger partial charge in [0.15, 0.2) is 0 Å². The van der Waals surface area contributed by atoms with Crippen molar-refractivity contribution >= 4 is 0 Å². The van der Waals surface area contributed by atoms with Crippen LogP contribution in [0.2, 0.25) is 0 Å². The van der Waals surface area contributed by atoms with Crippen LogP contribution in [-0.4, -0.2) is 36.6 Å². The molecule has 124 valence electrons. The highest BCUT2D eigenvalue weighted by molar-refractivity contribution is 4.92. The number of nitrogens with zero attached hydrogens (tertiary/aromatic N) is 1. The lowest BCUT2D eigenvalue weighted by molar-refractivity contribution is 0.0610. The van der Waals surface area contributed by atoms with Crippen LogP contribution in [-0.2, 0) is 0 Å². The standard InChI is InChI=1S/C19H38N2/c1-15(2)17-13-20-18(19(3,4)5)14-21(17)12-8-11-16-9-6-7-10-16/h15-18,20H,6-14H2,1-5H3. The van der Waals surface area contributed by atoms with Crippen molar-refractivity contribution in [3.8, 4) is 0 Å². The second kappa shape index (κ2) is 7.46. The van der Waals surface area contributed by atoms with E-state index in [4.69, 9.17) is 0 Å². The fraction of sp³-hybridized carbons (Fsp3) is 1.00. The molecule has 21 heavy (non-hydrogen) atoms. The van der Waals surface area contributed by atoms with E-state index in [1.165, 1.54) is 58.2 Å². The van der Waals surface area contributed by atoms with Gasteiger partial charge in [0.1, 0.15) is 0 Å². The summed E-state index contributed by atoms with van der Waals surface area (Å²) in [5, 5.41) is 3.81. The lowest BCUT2D eigenvalue weighted by Crippen LogP contribution is -2.61. The predicted molar refractivity (Wildman–Crippen MR) is 92.6 cm³/mol. The van der Waals surface area contributed by atoms with Crippen molar-refractivity contribution < 1.29 is 0 Å². The molecule has 0 bridgehead atoms. The Labute approximate surface area is 133 Å². The molecule has 1 aliphatic heterocycles. The first kappa shape index (κ1) is 17.3. The van der Waals surface area contributed by atoms with Crippen molar-refractivity contribution in [3.05, 3.63) is 0 Å². The van der Waals surface area contributed by atoms with Gasteiger partial charge in [-0.15, -0.1) is 0 Å². The molecule has 2 heteroatoms. The normalized spacial score (nSPS) is 29.4. The highest BCUT2D eigenvalue weighted by Crippen LogP contribution is 2.30. The van der Waals surface area contributed by atoms with E-state index in [1.54, 1.807) is 0 Å². The van der Waals surface area contributed by atoms with Gasteiger partial charge in [0.05, 0.1) is 0 Å². The van der Waals surface area contributed by atoms with Gasteiger partial charge in [-0.05, 0) is 36.6 Å². The fourth-order valence-electron chi connectivity index (χ4n) is 4.20. The van der Waals surface area contributed by atoms with E-state index in [1.807, 2.05) is 0 Å². The Hall–Kier alpha value is -0.0800. The lowest BCUT2D eigenvalue weighted by atomic mass is 9.83. The molecule has 0 spiro atoms. The molecule has 0 aromatic heterocycles. The molecule has 1 saturated heterocycles. The van der Waals surface area contributed by atoms with Gasteiger partial charge < -0.3 is 5.32 Å². The van der Waals surface area contributed by atoms with Gasteiger partial charge in [0, 0.05) is 25.2 Å². The van der Waals surface area contributed by atoms with Crippen LogP contribution in [0.25, 0.3) is 0 Å². The molecule has 2 nitrogen and oxygen atoms in total. The summed E-state index contributed by atoms with van der Waals surface area (Å²) in [4.78, 5) is 2.80. The van der Waals surface area contributed by atoms with E-state index in [0.717, 1.165) is 17.9 Å². The molecule has 0 aromatic carbocycles. The molecule has 2 atom stereocenters. The van der Waals surface area contributed by atoms with E-state index in [0.29, 0.717) is 11.5 Å². The monoisotopic (exact) mass is 294 g/mol. The Balaban J connectivity index is 1.84. The average Bonchev–Trinajstić information content (AvgIpc) is 2.90. The van der Waals surface area contributed by atoms with Crippen molar-refractivity contribution in [1.29, 1.82) is 0 Å². The zero-order valence-electron chi connectivity index (χ0n) is 15.1. The summed E-state index contributed by atoms with van der Waals surface area (Å²) >= 11 is 0. The van der Waals surface area contributed by atoms with E-state index >= 15 is 0 Å². The molecule has 0 amide bonds. The summed E-state index contributed by atoms with van der Waals surface area (Å²) in [6.45, 7) is 15.6. The Morgan fingerprint density at radius 1 is 1.14 bits per heavy atom. The fourth-order valence-corrected chi connectivity index (χ4v) is 4.20. The van der Waals surface area contributed by atoms with E-state index < -0.39 is 0 Å². The van der Waals surface area contributed by atoms with Crippen LogP contribution >= 0.6 is 0 Å². The summed E-state index contributed by atoms with van der Waals surface area (Å²) in [7, 11) is 0. The van der Waals surface area contributed by atoms with Crippen molar-refractivity contribution in [2.75, 3.05) is 19.6 Å². The van der Waals surface area contributed by atoms with Gasteiger partial charge in [-0.3, -0.25) is 4.90 Å². The summed E-state index contributed by atoms with van der Waals surface area (Å²) in [6, 6.07) is 1.37. The minimum atomic E-state index is 0.367. The molecule has 1 saturated carbocycles. The molecule has 1 N–H and O–H groups in total. The van der Waals surface area contributed by atoms with Crippen molar-refractivity contribution in [1.82, 2.24) is 10.2 Å². The summed E-state index contributed by atoms with van der Waals surface area (Å²) in [5.74, 6) is 1.80. The molecule has 2 unspecified atom stereocenters. The van der Waals surface area contributed by atoms with E-state index in [-0.39, 0.29) is 0 Å². The largest absolute Gasteiger partial charge is 0.311 e. The summed E-state index contributed by atoms with van der Waals surface area (Å²) < 4.78 is 0. The third kappa shape index (κ3) is 4.96. The minimum Gasteiger partial charge on any atom is -0.311 e. The maximum Gasteiger partial charge on any atom is 0.0244 e. The Morgan fingerprint density at radius 3 is 2.38 bits per heavy atom. The quantitative estimate of drug-likeness (QED) is 0.813. The van der Waals surface area contributed by atoms with Gasteiger partial charge in [0.2, 0.25) is 0 Å². The third-order valence-electron chi connectivity index (χ3n) is 5.81. The highest BCUT2D eigenvalue weighted by atomic mass is 15.2. The van der Waals surface area contributed by atoms with Crippen LogP contribution in [0.1, 0.15) is 73.1 Å². The van der Waals surface area contributed by atoms with Crippen molar-refractivity contribution in [2.45, 2.75) is 85.2 Å². The Kier molecular flexibility index (Phi) is 6.14. The van der Waals surface area contributed by atoms with Crippen LogP contribution in [0.15, 0.2) is 0 Å². The topological polar surface area (TPSA) is 15.3 Å². The zero-order chi connectivity index (χ0) is 15.5. The van der Waals surface area contributed by atoms with Crippen LogP contribution < -0.4 is 5.32 Å². The third-order valence-corrected chi connectivity index (χ3v) is 5.81. The summed E-state index contributed by atoms with van der Waals surface area (Å²) in [6.07, 6.45) is 8.84. The highest BCUT2D eigenvalue weighted by Gasteiger charge is 2.34. The van der Waals surface area contributed by atoms with Gasteiger partial charge in [-0.2, -0.15) is 0 Å². The molecular weight excluding hydrogens is 256 g/mol. The number of hydrogen-bond donors (Lipinski definition) is 1. The van der Waals surface area contributed by atoms with Gasteiger partial charge >= 0.3 is 0 Å². The first-order valence-electron chi connectivity index (χ1n) is 9.35. The van der Waals surface area contributed by atoms with Crippen molar-refractivity contribution in [2.24, 2.45) is 17.3 Å². The van der Waals surface area contributed by atoms with E-state index in [2.05, 4.69) is 44.8 Å². The predicted octanol–water partition coefficient (Wildman–Crippen LogP) is 4.30. The molecule has 2 aliphatic rings. The summed E-state index contributed by atoms with van der Waals surface area (Å²) in [5.41, 5.74) is 0.367. The minimum absolute atomic E-state index is 0.367. The van der Waals surface area contributed by atoms with Crippen LogP contribution in [0.3, 0.4) is 0 Å². The first-order valence-corrected chi connectivity index (χ1v) is 9.35. The lowest BCUT2D eigenvalue weighted by Gasteiger charge is -2.46. The second-order valence-corrected chi connectivity index (χ2v) is 8.93.